The first-order valence-electron chi connectivity index (χ1n) is 5.03. The van der Waals surface area contributed by atoms with E-state index in [4.69, 9.17) is 0 Å². The zero-order valence-corrected chi connectivity index (χ0v) is 9.30. The van der Waals surface area contributed by atoms with Crippen LogP contribution in [0.3, 0.4) is 0 Å². The third kappa shape index (κ3) is 5.70. The van der Waals surface area contributed by atoms with E-state index < -0.39 is 0 Å². The molecule has 0 aromatic heterocycles. The van der Waals surface area contributed by atoms with Crippen LogP contribution in [0.15, 0.2) is 0 Å². The molecular weight excluding hydrogens is 180 g/mol. The van der Waals surface area contributed by atoms with Gasteiger partial charge in [-0.2, -0.15) is 0 Å². The second-order valence-corrected chi connectivity index (χ2v) is 3.37. The van der Waals surface area contributed by atoms with Crippen LogP contribution in [0, 0.1) is 0 Å². The third-order valence-electron chi connectivity index (χ3n) is 1.86. The maximum Gasteiger partial charge on any atom is 0.222 e. The van der Waals surface area contributed by atoms with Crippen molar-refractivity contribution in [3.63, 3.8) is 0 Å². The highest BCUT2D eigenvalue weighted by Crippen LogP contribution is 1.97. The van der Waals surface area contributed by atoms with E-state index >= 15 is 0 Å². The molecule has 0 aliphatic carbocycles. The van der Waals surface area contributed by atoms with Crippen LogP contribution in [0.5, 0.6) is 0 Å². The molecule has 1 amide bonds. The lowest BCUT2D eigenvalue weighted by Gasteiger charge is -2.20. The lowest BCUT2D eigenvalue weighted by atomic mass is 10.2. The number of nitrogens with zero attached hydrogens (tertiary/aromatic N) is 1. The molecule has 0 aromatic carbocycles. The van der Waals surface area contributed by atoms with Crippen molar-refractivity contribution >= 4 is 11.7 Å². The van der Waals surface area contributed by atoms with Gasteiger partial charge in [0.15, 0.2) is 0 Å². The van der Waals surface area contributed by atoms with Crippen LogP contribution in [0.2, 0.25) is 0 Å². The van der Waals surface area contributed by atoms with Crippen molar-refractivity contribution in [1.29, 1.82) is 0 Å². The Morgan fingerprint density at radius 3 is 2.43 bits per heavy atom. The minimum absolute atomic E-state index is 0.0329. The van der Waals surface area contributed by atoms with E-state index in [0.29, 0.717) is 13.0 Å². The molecule has 4 heteroatoms. The van der Waals surface area contributed by atoms with Crippen LogP contribution in [-0.4, -0.2) is 43.3 Å². The van der Waals surface area contributed by atoms with Gasteiger partial charge in [0, 0.05) is 19.5 Å². The summed E-state index contributed by atoms with van der Waals surface area (Å²) in [5, 5.41) is 2.96. The van der Waals surface area contributed by atoms with Crippen molar-refractivity contribution in [1.82, 2.24) is 10.2 Å². The fourth-order valence-electron chi connectivity index (χ4n) is 1.18. The molecule has 0 aliphatic heterocycles. The molecule has 0 saturated heterocycles. The second-order valence-electron chi connectivity index (χ2n) is 3.37. The van der Waals surface area contributed by atoms with E-state index in [1.54, 1.807) is 4.90 Å². The summed E-state index contributed by atoms with van der Waals surface area (Å²) in [5.41, 5.74) is 0. The summed E-state index contributed by atoms with van der Waals surface area (Å²) >= 11 is 0. The van der Waals surface area contributed by atoms with Crippen molar-refractivity contribution < 1.29 is 9.59 Å². The van der Waals surface area contributed by atoms with Crippen molar-refractivity contribution in [3.05, 3.63) is 0 Å². The molecule has 82 valence electrons. The Balaban J connectivity index is 4.08. The standard InChI is InChI=1S/C10H20N2O2/c1-4-5-10(14)12(7-6-11-3)8-9(2)13/h11H,4-8H2,1-3H3. The number of rotatable bonds is 7. The van der Waals surface area contributed by atoms with Crippen molar-refractivity contribution in [3.8, 4) is 0 Å². The number of nitrogens with one attached hydrogen (secondary N) is 1. The molecule has 0 aromatic rings. The number of ketones is 1. The van der Waals surface area contributed by atoms with E-state index in [2.05, 4.69) is 5.32 Å². The van der Waals surface area contributed by atoms with Gasteiger partial charge in [-0.3, -0.25) is 9.59 Å². The molecule has 1 N–H and O–H groups in total. The quantitative estimate of drug-likeness (QED) is 0.648. The lowest BCUT2D eigenvalue weighted by molar-refractivity contribution is -0.134. The Morgan fingerprint density at radius 1 is 1.36 bits per heavy atom. The molecule has 0 heterocycles. The molecule has 14 heavy (non-hydrogen) atoms. The first kappa shape index (κ1) is 13.1. The predicted octanol–water partition coefficient (Wildman–Crippen LogP) is 0.423. The SMILES string of the molecule is CCCC(=O)N(CCNC)CC(C)=O. The Hall–Kier alpha value is -0.900. The largest absolute Gasteiger partial charge is 0.334 e. The van der Waals surface area contributed by atoms with Crippen LogP contribution >= 0.6 is 0 Å². The normalized spacial score (nSPS) is 9.93. The molecule has 0 atom stereocenters. The smallest absolute Gasteiger partial charge is 0.222 e. The van der Waals surface area contributed by atoms with Gasteiger partial charge in [0.1, 0.15) is 5.78 Å². The molecular formula is C10H20N2O2. The molecule has 0 bridgehead atoms. The van der Waals surface area contributed by atoms with Crippen molar-refractivity contribution in [2.75, 3.05) is 26.7 Å². The van der Waals surface area contributed by atoms with Gasteiger partial charge in [-0.1, -0.05) is 6.92 Å². The minimum Gasteiger partial charge on any atom is -0.334 e. The van der Waals surface area contributed by atoms with Crippen LogP contribution in [-0.2, 0) is 9.59 Å². The number of carbonyl (C=O) groups is 2. The summed E-state index contributed by atoms with van der Waals surface area (Å²) < 4.78 is 0. The molecule has 4 nitrogen and oxygen atoms in total. The van der Waals surface area contributed by atoms with Gasteiger partial charge in [-0.05, 0) is 20.4 Å². The maximum atomic E-state index is 11.5. The van der Waals surface area contributed by atoms with Crippen LogP contribution in [0.1, 0.15) is 26.7 Å². The first-order chi connectivity index (χ1) is 6.61. The fourth-order valence-corrected chi connectivity index (χ4v) is 1.18. The number of carbonyl (C=O) groups excluding carboxylic acids is 2. The maximum absolute atomic E-state index is 11.5. The Morgan fingerprint density at radius 2 is 2.00 bits per heavy atom. The molecule has 0 radical (unpaired) electrons. The molecule has 0 unspecified atom stereocenters. The number of hydrogen-bond acceptors (Lipinski definition) is 3. The predicted molar refractivity (Wildman–Crippen MR) is 56.1 cm³/mol. The van der Waals surface area contributed by atoms with Gasteiger partial charge < -0.3 is 10.2 Å². The van der Waals surface area contributed by atoms with Gasteiger partial charge in [0.05, 0.1) is 6.54 Å². The van der Waals surface area contributed by atoms with Gasteiger partial charge >= 0.3 is 0 Å². The average molecular weight is 200 g/mol. The van der Waals surface area contributed by atoms with E-state index in [1.807, 2.05) is 14.0 Å². The zero-order chi connectivity index (χ0) is 11.0. The minimum atomic E-state index is 0.0329. The van der Waals surface area contributed by atoms with E-state index in [1.165, 1.54) is 6.92 Å². The number of Topliss-reactive ketones (excluding diaryl/α,β-unsaturated/α-hetero) is 1. The van der Waals surface area contributed by atoms with E-state index in [0.717, 1.165) is 13.0 Å². The number of likely N-dealkylation sites (N-methyl/N-ethyl adjacent to an activating group) is 1. The highest BCUT2D eigenvalue weighted by atomic mass is 16.2. The molecule has 0 aliphatic rings. The van der Waals surface area contributed by atoms with Crippen LogP contribution in [0.25, 0.3) is 0 Å². The first-order valence-corrected chi connectivity index (χ1v) is 5.03. The van der Waals surface area contributed by atoms with Crippen molar-refractivity contribution in [2.45, 2.75) is 26.7 Å². The van der Waals surface area contributed by atoms with Gasteiger partial charge in [0.25, 0.3) is 0 Å². The molecule has 0 spiro atoms. The summed E-state index contributed by atoms with van der Waals surface area (Å²) in [5.74, 6) is 0.100. The highest BCUT2D eigenvalue weighted by Gasteiger charge is 2.13. The molecule has 0 saturated carbocycles. The van der Waals surface area contributed by atoms with Crippen LogP contribution in [0.4, 0.5) is 0 Å². The summed E-state index contributed by atoms with van der Waals surface area (Å²) in [6.07, 6.45) is 1.35. The Labute approximate surface area is 85.7 Å². The third-order valence-corrected chi connectivity index (χ3v) is 1.86. The summed E-state index contributed by atoms with van der Waals surface area (Å²) in [6.45, 7) is 5.03. The van der Waals surface area contributed by atoms with Crippen molar-refractivity contribution in [2.24, 2.45) is 0 Å². The fraction of sp³-hybridized carbons (Fsp3) is 0.800. The number of hydrogen-bond donors (Lipinski definition) is 1. The number of amides is 1. The van der Waals surface area contributed by atoms with E-state index in [9.17, 15) is 9.59 Å². The van der Waals surface area contributed by atoms with Gasteiger partial charge in [0.2, 0.25) is 5.91 Å². The second kappa shape index (κ2) is 7.50. The molecule has 0 fully saturated rings. The molecule has 0 rings (SSSR count). The zero-order valence-electron chi connectivity index (χ0n) is 9.30. The lowest BCUT2D eigenvalue weighted by Crippen LogP contribution is -2.38. The Bertz CT molecular complexity index is 193. The summed E-state index contributed by atoms with van der Waals surface area (Å²) in [6, 6.07) is 0. The average Bonchev–Trinajstić information content (AvgIpc) is 2.12. The van der Waals surface area contributed by atoms with Crippen LogP contribution < -0.4 is 5.32 Å². The monoisotopic (exact) mass is 200 g/mol. The topological polar surface area (TPSA) is 49.4 Å². The van der Waals surface area contributed by atoms with Gasteiger partial charge in [-0.15, -0.1) is 0 Å². The summed E-state index contributed by atoms with van der Waals surface area (Å²) in [7, 11) is 1.83. The summed E-state index contributed by atoms with van der Waals surface area (Å²) in [4.78, 5) is 24.1. The Kier molecular flexibility index (Phi) is 7.02. The van der Waals surface area contributed by atoms with E-state index in [-0.39, 0.29) is 18.2 Å². The van der Waals surface area contributed by atoms with Gasteiger partial charge in [-0.25, -0.2) is 0 Å². The highest BCUT2D eigenvalue weighted by molar-refractivity contribution is 5.84.